The number of anilines is 2. The molecule has 0 saturated heterocycles. The third-order valence-corrected chi connectivity index (χ3v) is 2.62. The van der Waals surface area contributed by atoms with E-state index in [4.69, 9.17) is 4.74 Å². The van der Waals surface area contributed by atoms with Crippen LogP contribution in [0.3, 0.4) is 0 Å². The van der Waals surface area contributed by atoms with E-state index in [1.807, 2.05) is 13.0 Å². The zero-order chi connectivity index (χ0) is 13.4. The van der Waals surface area contributed by atoms with Gasteiger partial charge in [0.2, 0.25) is 0 Å². The van der Waals surface area contributed by atoms with Crippen LogP contribution in [0.5, 0.6) is 0 Å². The smallest absolute Gasteiger partial charge is 0.132 e. The Morgan fingerprint density at radius 1 is 1.22 bits per heavy atom. The summed E-state index contributed by atoms with van der Waals surface area (Å²) >= 11 is 0. The number of aryl methyl sites for hydroxylation is 1. The van der Waals surface area contributed by atoms with Gasteiger partial charge in [-0.3, -0.25) is 0 Å². The third-order valence-electron chi connectivity index (χ3n) is 2.62. The van der Waals surface area contributed by atoms with Crippen molar-refractivity contribution in [3.8, 4) is 0 Å². The third kappa shape index (κ3) is 4.87. The number of hydrogen-bond acceptors (Lipinski definition) is 5. The van der Waals surface area contributed by atoms with Gasteiger partial charge >= 0.3 is 0 Å². The second-order valence-corrected chi connectivity index (χ2v) is 4.26. The lowest BCUT2D eigenvalue weighted by Gasteiger charge is -2.13. The molecule has 0 aromatic carbocycles. The van der Waals surface area contributed by atoms with Crippen molar-refractivity contribution in [3.05, 3.63) is 11.9 Å². The molecule has 1 aromatic rings. The molecule has 0 bridgehead atoms. The molecule has 2 N–H and O–H groups in total. The lowest BCUT2D eigenvalue weighted by atomic mass is 10.3. The van der Waals surface area contributed by atoms with Gasteiger partial charge in [0.1, 0.15) is 17.5 Å². The molecule has 0 amide bonds. The minimum Gasteiger partial charge on any atom is -0.380 e. The summed E-state index contributed by atoms with van der Waals surface area (Å²) < 4.78 is 5.20. The normalized spacial score (nSPS) is 12.2. The van der Waals surface area contributed by atoms with Crippen LogP contribution in [0.15, 0.2) is 6.07 Å². The Kier molecular flexibility index (Phi) is 6.43. The number of ether oxygens (including phenoxy) is 1. The molecule has 5 nitrogen and oxygen atoms in total. The Labute approximate surface area is 109 Å². The van der Waals surface area contributed by atoms with Crippen LogP contribution in [0.2, 0.25) is 0 Å². The first kappa shape index (κ1) is 14.7. The average molecular weight is 252 g/mol. The van der Waals surface area contributed by atoms with Crippen molar-refractivity contribution in [1.29, 1.82) is 0 Å². The first-order chi connectivity index (χ1) is 8.69. The topological polar surface area (TPSA) is 59.1 Å². The second kappa shape index (κ2) is 7.87. The zero-order valence-electron chi connectivity index (χ0n) is 11.8. The van der Waals surface area contributed by atoms with Crippen LogP contribution in [-0.4, -0.2) is 36.3 Å². The van der Waals surface area contributed by atoms with E-state index in [9.17, 15) is 0 Å². The first-order valence-electron chi connectivity index (χ1n) is 6.58. The fraction of sp³-hybridized carbons (Fsp3) is 0.692. The molecule has 0 fully saturated rings. The molecule has 1 atom stereocenters. The lowest BCUT2D eigenvalue weighted by Crippen LogP contribution is -2.19. The number of nitrogens with one attached hydrogen (secondary N) is 2. The van der Waals surface area contributed by atoms with E-state index in [1.165, 1.54) is 0 Å². The lowest BCUT2D eigenvalue weighted by molar-refractivity contribution is 0.128. The van der Waals surface area contributed by atoms with Gasteiger partial charge in [0.05, 0.1) is 6.10 Å². The molecule has 0 aliphatic heterocycles. The van der Waals surface area contributed by atoms with Crippen molar-refractivity contribution in [2.75, 3.05) is 30.8 Å². The summed E-state index contributed by atoms with van der Waals surface area (Å²) in [7, 11) is 1.71. The largest absolute Gasteiger partial charge is 0.380 e. The van der Waals surface area contributed by atoms with Gasteiger partial charge in [-0.05, 0) is 13.3 Å². The molecular formula is C13H24N4O. The van der Waals surface area contributed by atoms with Crippen molar-refractivity contribution < 1.29 is 4.74 Å². The van der Waals surface area contributed by atoms with Gasteiger partial charge in [0.15, 0.2) is 0 Å². The summed E-state index contributed by atoms with van der Waals surface area (Å²) in [5.74, 6) is 2.59. The van der Waals surface area contributed by atoms with Crippen LogP contribution >= 0.6 is 0 Å². The van der Waals surface area contributed by atoms with Gasteiger partial charge in [0.25, 0.3) is 0 Å². The van der Waals surface area contributed by atoms with Crippen molar-refractivity contribution in [2.24, 2.45) is 0 Å². The monoisotopic (exact) mass is 252 g/mol. The molecule has 1 aromatic heterocycles. The van der Waals surface area contributed by atoms with E-state index in [2.05, 4.69) is 34.4 Å². The summed E-state index contributed by atoms with van der Waals surface area (Å²) in [5, 5.41) is 6.56. The Bertz CT molecular complexity index is 357. The number of methoxy groups -OCH3 is 1. The van der Waals surface area contributed by atoms with Gasteiger partial charge in [-0.25, -0.2) is 9.97 Å². The molecule has 5 heteroatoms. The van der Waals surface area contributed by atoms with Crippen molar-refractivity contribution in [2.45, 2.75) is 39.7 Å². The Balaban J connectivity index is 2.70. The molecule has 0 aliphatic rings. The molecule has 1 rings (SSSR count). The standard InChI is InChI=1S/C13H24N4O/c1-5-7-14-12-8-13(15-9-10(3)18-4)17-11(6-2)16-12/h8,10H,5-7,9H2,1-4H3,(H2,14,15,16,17). The van der Waals surface area contributed by atoms with Crippen molar-refractivity contribution in [1.82, 2.24) is 9.97 Å². The summed E-state index contributed by atoms with van der Waals surface area (Å²) in [4.78, 5) is 8.89. The number of hydrogen-bond donors (Lipinski definition) is 2. The van der Waals surface area contributed by atoms with Crippen molar-refractivity contribution in [3.63, 3.8) is 0 Å². The molecule has 0 saturated carbocycles. The van der Waals surface area contributed by atoms with E-state index in [0.29, 0.717) is 0 Å². The summed E-state index contributed by atoms with van der Waals surface area (Å²) in [6.07, 6.45) is 2.07. The maximum absolute atomic E-state index is 5.20. The second-order valence-electron chi connectivity index (χ2n) is 4.26. The summed E-state index contributed by atoms with van der Waals surface area (Å²) in [6.45, 7) is 7.87. The number of nitrogens with zero attached hydrogens (tertiary/aromatic N) is 2. The highest BCUT2D eigenvalue weighted by atomic mass is 16.5. The molecule has 0 radical (unpaired) electrons. The molecule has 0 spiro atoms. The molecular weight excluding hydrogens is 228 g/mol. The highest BCUT2D eigenvalue weighted by Gasteiger charge is 2.04. The van der Waals surface area contributed by atoms with E-state index in [-0.39, 0.29) is 6.10 Å². The number of aromatic nitrogens is 2. The van der Waals surface area contributed by atoms with Crippen LogP contribution in [0.1, 0.15) is 33.0 Å². The molecule has 102 valence electrons. The molecule has 18 heavy (non-hydrogen) atoms. The van der Waals surface area contributed by atoms with E-state index in [1.54, 1.807) is 7.11 Å². The van der Waals surface area contributed by atoms with Crippen molar-refractivity contribution >= 4 is 11.6 Å². The maximum Gasteiger partial charge on any atom is 0.132 e. The van der Waals surface area contributed by atoms with Gasteiger partial charge in [-0.2, -0.15) is 0 Å². The van der Waals surface area contributed by atoms with Gasteiger partial charge in [0, 0.05) is 32.7 Å². The molecule has 0 aliphatic carbocycles. The van der Waals surface area contributed by atoms with Crippen LogP contribution in [0.25, 0.3) is 0 Å². The maximum atomic E-state index is 5.20. The summed E-state index contributed by atoms with van der Waals surface area (Å²) in [5.41, 5.74) is 0. The van der Waals surface area contributed by atoms with E-state index >= 15 is 0 Å². The highest BCUT2D eigenvalue weighted by molar-refractivity contribution is 5.47. The summed E-state index contributed by atoms with van der Waals surface area (Å²) in [6, 6.07) is 1.94. The quantitative estimate of drug-likeness (QED) is 0.743. The van der Waals surface area contributed by atoms with Gasteiger partial charge < -0.3 is 15.4 Å². The van der Waals surface area contributed by atoms with Gasteiger partial charge in [-0.15, -0.1) is 0 Å². The minimum atomic E-state index is 0.164. The van der Waals surface area contributed by atoms with E-state index in [0.717, 1.165) is 43.4 Å². The SMILES string of the molecule is CCCNc1cc(NCC(C)OC)nc(CC)n1. The van der Waals surface area contributed by atoms with E-state index < -0.39 is 0 Å². The average Bonchev–Trinajstić information content (AvgIpc) is 2.42. The fourth-order valence-electron chi connectivity index (χ4n) is 1.42. The molecule has 1 unspecified atom stereocenters. The van der Waals surface area contributed by atoms with Gasteiger partial charge in [-0.1, -0.05) is 13.8 Å². The zero-order valence-corrected chi connectivity index (χ0v) is 11.8. The van der Waals surface area contributed by atoms with Crippen LogP contribution in [0.4, 0.5) is 11.6 Å². The Morgan fingerprint density at radius 3 is 2.44 bits per heavy atom. The predicted octanol–water partition coefficient (Wildman–Crippen LogP) is 2.31. The Morgan fingerprint density at radius 2 is 1.89 bits per heavy atom. The van der Waals surface area contributed by atoms with Crippen LogP contribution in [-0.2, 0) is 11.2 Å². The predicted molar refractivity (Wildman–Crippen MR) is 75.2 cm³/mol. The first-order valence-corrected chi connectivity index (χ1v) is 6.58. The molecule has 1 heterocycles. The van der Waals surface area contributed by atoms with Crippen LogP contribution < -0.4 is 10.6 Å². The fourth-order valence-corrected chi connectivity index (χ4v) is 1.42. The minimum absolute atomic E-state index is 0.164. The van der Waals surface area contributed by atoms with Crippen LogP contribution in [0, 0.1) is 0 Å². The number of rotatable bonds is 8. The highest BCUT2D eigenvalue weighted by Crippen LogP contribution is 2.12. The Hall–Kier alpha value is -1.36.